The number of fused-ring (bicyclic) bond motifs is 1. The highest BCUT2D eigenvalue weighted by molar-refractivity contribution is 6.66. The minimum absolute atomic E-state index is 0.0762. The van der Waals surface area contributed by atoms with Crippen LogP contribution in [0, 0.1) is 0 Å². The maximum Gasteiger partial charge on any atom is 0.434 e. The van der Waals surface area contributed by atoms with Gasteiger partial charge in [0.05, 0.1) is 75.0 Å². The second kappa shape index (κ2) is 10.6. The highest BCUT2D eigenvalue weighted by atomic mass is 19.4. The predicted octanol–water partition coefficient (Wildman–Crippen LogP) is 3.58. The fourth-order valence-corrected chi connectivity index (χ4v) is 5.32. The van der Waals surface area contributed by atoms with Crippen LogP contribution in [0.15, 0.2) is 42.9 Å². The van der Waals surface area contributed by atoms with Crippen LogP contribution in [-0.4, -0.2) is 75.6 Å². The molecule has 0 amide bonds. The van der Waals surface area contributed by atoms with Crippen molar-refractivity contribution in [1.82, 2.24) is 29.3 Å². The molecule has 1 N–H and O–H groups in total. The highest BCUT2D eigenvalue weighted by Crippen LogP contribution is 2.46. The van der Waals surface area contributed by atoms with Gasteiger partial charge in [-0.1, -0.05) is 0 Å². The van der Waals surface area contributed by atoms with E-state index in [0.717, 1.165) is 65.1 Å². The van der Waals surface area contributed by atoms with Gasteiger partial charge in [-0.25, -0.2) is 15.0 Å². The highest BCUT2D eigenvalue weighted by Gasteiger charge is 2.40. The molecule has 43 heavy (non-hydrogen) atoms. The van der Waals surface area contributed by atoms with E-state index in [-0.39, 0.29) is 11.9 Å². The molecule has 2 aliphatic rings. The lowest BCUT2D eigenvalue weighted by molar-refractivity contribution is -0.140. The number of nitrogens with zero attached hydrogens (tertiary/aromatic N) is 6. The molecule has 16 heteroatoms. The van der Waals surface area contributed by atoms with Crippen molar-refractivity contribution in [3.63, 3.8) is 0 Å². The maximum absolute atomic E-state index is 13.6. The van der Waals surface area contributed by atoms with Crippen LogP contribution < -0.4 is 10.1 Å². The Hall–Kier alpha value is -3.57. The van der Waals surface area contributed by atoms with Crippen molar-refractivity contribution in [1.29, 1.82) is 0 Å². The van der Waals surface area contributed by atoms with Crippen molar-refractivity contribution >= 4 is 44.9 Å². The third-order valence-electron chi connectivity index (χ3n) is 7.86. The Morgan fingerprint density at radius 1 is 1.00 bits per heavy atom. The summed E-state index contributed by atoms with van der Waals surface area (Å²) in [7, 11) is 30.7. The van der Waals surface area contributed by atoms with E-state index >= 15 is 0 Å². The van der Waals surface area contributed by atoms with E-state index in [4.69, 9.17) is 49.1 Å². The average Bonchev–Trinajstić information content (AvgIpc) is 3.52. The number of hydrogen-bond donors (Lipinski definition) is 1. The summed E-state index contributed by atoms with van der Waals surface area (Å²) in [5.74, 6) is 0.677. The lowest BCUT2D eigenvalue weighted by Crippen LogP contribution is -2.48. The fourth-order valence-electron chi connectivity index (χ4n) is 5.32. The Labute approximate surface area is 253 Å². The lowest BCUT2D eigenvalue weighted by Gasteiger charge is -2.44. The minimum Gasteiger partial charge on any atom is -0.480 e. The van der Waals surface area contributed by atoms with Gasteiger partial charge in [0.1, 0.15) is 12.2 Å². The second-order valence-electron chi connectivity index (χ2n) is 11.1. The molecule has 1 saturated carbocycles. The Morgan fingerprint density at radius 2 is 1.72 bits per heavy atom. The number of alkyl halides is 3. The van der Waals surface area contributed by atoms with Crippen molar-refractivity contribution in [2.24, 2.45) is 0 Å². The van der Waals surface area contributed by atoms with Crippen LogP contribution in [0.1, 0.15) is 54.7 Å². The van der Waals surface area contributed by atoms with Crippen LogP contribution in [0.4, 0.5) is 18.9 Å². The van der Waals surface area contributed by atoms with E-state index in [9.17, 15) is 13.2 Å². The van der Waals surface area contributed by atoms with Gasteiger partial charge in [0, 0.05) is 29.9 Å². The van der Waals surface area contributed by atoms with E-state index in [1.807, 2.05) is 10.7 Å². The summed E-state index contributed by atoms with van der Waals surface area (Å²) in [6.07, 6.45) is 1.28. The Bertz CT molecular complexity index is 1650. The van der Waals surface area contributed by atoms with Gasteiger partial charge in [-0.2, -0.15) is 18.3 Å². The molecule has 8 nitrogen and oxygen atoms in total. The number of halogens is 3. The summed E-state index contributed by atoms with van der Waals surface area (Å²) in [5.41, 5.74) is 3.33. The molecule has 6 rings (SSSR count). The number of imidazole rings is 1. The number of ether oxygens (including phenoxy) is 1. The Balaban J connectivity index is 1.29. The largest absolute Gasteiger partial charge is 0.480 e. The zero-order valence-electron chi connectivity index (χ0n) is 23.3. The lowest BCUT2D eigenvalue weighted by atomic mass is 9.26. The number of aryl methyl sites for hydroxylation is 1. The number of rotatable bonds is 8. The normalized spacial score (nSPS) is 17.4. The molecule has 0 spiro atoms. The molecule has 0 saturated heterocycles. The third-order valence-corrected chi connectivity index (χ3v) is 7.86. The maximum atomic E-state index is 13.6. The number of hydrogen-bond acceptors (Lipinski definition) is 6. The van der Waals surface area contributed by atoms with Crippen LogP contribution in [0.25, 0.3) is 22.6 Å². The molecule has 1 fully saturated rings. The van der Waals surface area contributed by atoms with Crippen LogP contribution in [0.5, 0.6) is 5.88 Å². The molecule has 208 valence electrons. The first kappa shape index (κ1) is 29.5. The van der Waals surface area contributed by atoms with Gasteiger partial charge in [0.15, 0.2) is 5.69 Å². The van der Waals surface area contributed by atoms with Gasteiger partial charge in [0.25, 0.3) is 0 Å². The summed E-state index contributed by atoms with van der Waals surface area (Å²) in [6.45, 7) is 0.760. The van der Waals surface area contributed by atoms with Crippen molar-refractivity contribution in [2.45, 2.75) is 60.8 Å². The zero-order chi connectivity index (χ0) is 30.7. The summed E-state index contributed by atoms with van der Waals surface area (Å²) >= 11 is 0. The van der Waals surface area contributed by atoms with Crippen LogP contribution in [0.3, 0.4) is 0 Å². The summed E-state index contributed by atoms with van der Waals surface area (Å²) in [4.78, 5) is 12.6. The smallest absolute Gasteiger partial charge is 0.434 e. The van der Waals surface area contributed by atoms with E-state index < -0.39 is 22.3 Å². The topological polar surface area (TPSA) is 82.7 Å². The Morgan fingerprint density at radius 3 is 2.35 bits per heavy atom. The van der Waals surface area contributed by atoms with Crippen LogP contribution >= 0.6 is 0 Å². The molecule has 4 aromatic rings. The predicted molar refractivity (Wildman–Crippen MR) is 159 cm³/mol. The molecule has 3 aromatic heterocycles. The molecule has 1 unspecified atom stereocenters. The summed E-state index contributed by atoms with van der Waals surface area (Å²) in [6, 6.07) is 8.62. The van der Waals surface area contributed by atoms with E-state index in [2.05, 4.69) is 20.3 Å². The average molecular weight is 573 g/mol. The second-order valence-corrected chi connectivity index (χ2v) is 11.1. The molecule has 4 heterocycles. The van der Waals surface area contributed by atoms with Crippen LogP contribution in [-0.2, 0) is 18.1 Å². The Kier molecular flexibility index (Phi) is 7.24. The summed E-state index contributed by atoms with van der Waals surface area (Å²) in [5, 5.41) is 3.85. The molecule has 1 atom stereocenters. The number of benzene rings is 1. The molecule has 1 aliphatic carbocycles. The fraction of sp³-hybridized carbons (Fsp3) is 0.407. The van der Waals surface area contributed by atoms with Crippen LogP contribution in [0.2, 0.25) is 5.11 Å². The van der Waals surface area contributed by atoms with Gasteiger partial charge in [-0.05, 0) is 61.4 Å². The number of methoxy groups -OCH3 is 1. The first-order chi connectivity index (χ1) is 20.3. The SMILES string of the molecule is [B]C([B])([B])C([B])([B])n1cc(C(F)(F)F)nc1-c1ccc(NC2CCCn3nc(-c4c(OC)ncnc4C4CC4)cc32)cc1. The van der Waals surface area contributed by atoms with Crippen molar-refractivity contribution in [3.8, 4) is 28.5 Å². The number of nitrogens with one attached hydrogen (secondary N) is 1. The molecular formula is C27H23B5F3N7O. The molecular weight excluding hydrogens is 549 g/mol. The standard InChI is InChI=1S/C27H23B5F3N7O/c1-43-24-21(22(14-4-5-14)36-13-37-24)18-11-19-17(3-2-10-42(19)40-18)38-16-8-6-15(7-9-16)23-39-20(25(33,34)35)12-41(23)27(31,32)26(28,29)30/h6-9,11-14,17,38H,2-5,10H2,1H3. The first-order valence-electron chi connectivity index (χ1n) is 13.7. The van der Waals surface area contributed by atoms with Crippen molar-refractivity contribution < 1.29 is 17.9 Å². The monoisotopic (exact) mass is 573 g/mol. The quantitative estimate of drug-likeness (QED) is 0.325. The molecule has 1 aliphatic heterocycles. The van der Waals surface area contributed by atoms with Gasteiger partial charge in [-0.3, -0.25) is 4.68 Å². The third kappa shape index (κ3) is 5.49. The first-order valence-corrected chi connectivity index (χ1v) is 13.7. The van der Waals surface area contributed by atoms with Gasteiger partial charge in [-0.15, -0.1) is 5.11 Å². The zero-order valence-corrected chi connectivity index (χ0v) is 23.3. The van der Waals surface area contributed by atoms with Crippen molar-refractivity contribution in [3.05, 3.63) is 59.9 Å². The summed E-state index contributed by atoms with van der Waals surface area (Å²) < 4.78 is 49.1. The number of aromatic nitrogens is 6. The van der Waals surface area contributed by atoms with E-state index in [1.54, 1.807) is 31.4 Å². The van der Waals surface area contributed by atoms with Crippen molar-refractivity contribution in [2.75, 3.05) is 12.4 Å². The molecule has 10 radical (unpaired) electrons. The number of anilines is 1. The minimum atomic E-state index is -4.77. The van der Waals surface area contributed by atoms with Gasteiger partial charge in [0.2, 0.25) is 5.88 Å². The van der Waals surface area contributed by atoms with E-state index in [0.29, 0.717) is 23.6 Å². The molecule has 0 bridgehead atoms. The van der Waals surface area contributed by atoms with E-state index in [1.165, 1.54) is 6.33 Å². The molecule has 1 aromatic carbocycles. The van der Waals surface area contributed by atoms with Gasteiger partial charge < -0.3 is 14.6 Å². The van der Waals surface area contributed by atoms with Gasteiger partial charge >= 0.3 is 6.18 Å².